The monoisotopic (exact) mass is 254 g/mol. The lowest BCUT2D eigenvalue weighted by Gasteiger charge is -2.03. The molecule has 0 fully saturated rings. The number of rotatable bonds is 13. The Balaban J connectivity index is 2.97. The van der Waals surface area contributed by atoms with Crippen LogP contribution in [0.4, 0.5) is 4.39 Å². The van der Waals surface area contributed by atoms with Crippen LogP contribution in [0.2, 0.25) is 0 Å². The highest BCUT2D eigenvalue weighted by molar-refractivity contribution is 4.93. The second-order valence-corrected chi connectivity index (χ2v) is 5.31. The van der Waals surface area contributed by atoms with E-state index in [0.29, 0.717) is 6.42 Å². The van der Waals surface area contributed by atoms with Crippen LogP contribution in [-0.4, -0.2) is 6.17 Å². The normalized spacial score (nSPS) is 12.3. The third-order valence-electron chi connectivity index (χ3n) is 3.49. The van der Waals surface area contributed by atoms with Crippen LogP contribution in [0.25, 0.3) is 0 Å². The summed E-state index contributed by atoms with van der Waals surface area (Å²) in [7, 11) is 0. The fourth-order valence-corrected chi connectivity index (χ4v) is 2.25. The molecule has 0 aliphatic carbocycles. The van der Waals surface area contributed by atoms with Gasteiger partial charge in [0.2, 0.25) is 0 Å². The van der Waals surface area contributed by atoms with Crippen LogP contribution in [0.1, 0.15) is 90.4 Å². The first kappa shape index (κ1) is 17.5. The van der Waals surface area contributed by atoms with E-state index in [2.05, 4.69) is 12.8 Å². The lowest BCUT2D eigenvalue weighted by molar-refractivity contribution is 0.375. The number of unbranched alkanes of at least 4 members (excludes halogenated alkanes) is 11. The number of hydrogen-bond acceptors (Lipinski definition) is 0. The predicted molar refractivity (Wildman–Crippen MR) is 79.4 cm³/mol. The molecule has 18 heavy (non-hydrogen) atoms. The zero-order chi connectivity index (χ0) is 13.5. The Morgan fingerprint density at radius 3 is 1.56 bits per heavy atom. The SMILES string of the molecule is C#C[C@@H](F)CCCCCCCCCCCCCC. The van der Waals surface area contributed by atoms with Gasteiger partial charge in [0, 0.05) is 0 Å². The van der Waals surface area contributed by atoms with E-state index >= 15 is 0 Å². The van der Waals surface area contributed by atoms with Crippen LogP contribution >= 0.6 is 0 Å². The van der Waals surface area contributed by atoms with Crippen LogP contribution in [0.5, 0.6) is 0 Å². The van der Waals surface area contributed by atoms with Crippen LogP contribution in [0.3, 0.4) is 0 Å². The molecule has 0 aromatic carbocycles. The van der Waals surface area contributed by atoms with Gasteiger partial charge in [0.1, 0.15) is 0 Å². The predicted octanol–water partition coefficient (Wildman–Crippen LogP) is 6.05. The Labute approximate surface area is 114 Å². The second kappa shape index (κ2) is 14.6. The van der Waals surface area contributed by atoms with Gasteiger partial charge in [-0.05, 0) is 12.8 Å². The summed E-state index contributed by atoms with van der Waals surface area (Å²) in [6, 6.07) is 0. The van der Waals surface area contributed by atoms with E-state index in [0.717, 1.165) is 12.8 Å². The van der Waals surface area contributed by atoms with E-state index < -0.39 is 6.17 Å². The van der Waals surface area contributed by atoms with Crippen molar-refractivity contribution < 1.29 is 4.39 Å². The lowest BCUT2D eigenvalue weighted by atomic mass is 10.0. The molecule has 0 unspecified atom stereocenters. The highest BCUT2D eigenvalue weighted by Gasteiger charge is 2.00. The van der Waals surface area contributed by atoms with Crippen molar-refractivity contribution in [2.24, 2.45) is 0 Å². The topological polar surface area (TPSA) is 0 Å². The summed E-state index contributed by atoms with van der Waals surface area (Å²) in [5.41, 5.74) is 0. The maximum Gasteiger partial charge on any atom is 0.160 e. The number of halogens is 1. The molecule has 0 nitrogen and oxygen atoms in total. The first-order valence-corrected chi connectivity index (χ1v) is 7.91. The van der Waals surface area contributed by atoms with Crippen molar-refractivity contribution in [2.45, 2.75) is 96.6 Å². The Bertz CT molecular complexity index is 192. The summed E-state index contributed by atoms with van der Waals surface area (Å²) in [5, 5.41) is 0. The molecule has 0 amide bonds. The van der Waals surface area contributed by atoms with E-state index in [1.807, 2.05) is 0 Å². The van der Waals surface area contributed by atoms with E-state index in [1.165, 1.54) is 64.2 Å². The summed E-state index contributed by atoms with van der Waals surface area (Å²) < 4.78 is 12.7. The highest BCUT2D eigenvalue weighted by atomic mass is 19.1. The minimum Gasteiger partial charge on any atom is -0.233 e. The smallest absolute Gasteiger partial charge is 0.160 e. The van der Waals surface area contributed by atoms with Crippen molar-refractivity contribution in [2.75, 3.05) is 0 Å². The zero-order valence-electron chi connectivity index (χ0n) is 12.2. The van der Waals surface area contributed by atoms with E-state index in [4.69, 9.17) is 6.42 Å². The molecule has 0 bridgehead atoms. The second-order valence-electron chi connectivity index (χ2n) is 5.31. The molecule has 0 aliphatic rings. The fourth-order valence-electron chi connectivity index (χ4n) is 2.25. The molecular formula is C17H31F. The van der Waals surface area contributed by atoms with Gasteiger partial charge < -0.3 is 0 Å². The van der Waals surface area contributed by atoms with Gasteiger partial charge in [-0.15, -0.1) is 6.42 Å². The first-order valence-electron chi connectivity index (χ1n) is 7.91. The van der Waals surface area contributed by atoms with Crippen LogP contribution in [-0.2, 0) is 0 Å². The minimum atomic E-state index is -1.02. The Hall–Kier alpha value is -0.510. The zero-order valence-corrected chi connectivity index (χ0v) is 12.2. The van der Waals surface area contributed by atoms with Gasteiger partial charge in [0.05, 0.1) is 0 Å². The van der Waals surface area contributed by atoms with Gasteiger partial charge in [-0.2, -0.15) is 0 Å². The van der Waals surface area contributed by atoms with Gasteiger partial charge in [0.15, 0.2) is 6.17 Å². The molecule has 0 rings (SSSR count). The standard InChI is InChI=1S/C17H31F/c1-3-5-6-7-8-9-10-11-12-13-14-15-16-17(18)4-2/h2,17H,3,5-16H2,1H3/t17-/m1/s1. The molecule has 0 saturated heterocycles. The van der Waals surface area contributed by atoms with Gasteiger partial charge in [-0.25, -0.2) is 4.39 Å². The van der Waals surface area contributed by atoms with Crippen molar-refractivity contribution in [3.63, 3.8) is 0 Å². The third-order valence-corrected chi connectivity index (χ3v) is 3.49. The summed E-state index contributed by atoms with van der Waals surface area (Å²) in [5.74, 6) is 2.14. The maximum absolute atomic E-state index is 12.7. The lowest BCUT2D eigenvalue weighted by Crippen LogP contribution is -1.94. The molecule has 0 aliphatic heterocycles. The Kier molecular flexibility index (Phi) is 14.1. The van der Waals surface area contributed by atoms with E-state index in [1.54, 1.807) is 0 Å². The van der Waals surface area contributed by atoms with Crippen molar-refractivity contribution in [3.05, 3.63) is 0 Å². The number of hydrogen-bond donors (Lipinski definition) is 0. The quantitative estimate of drug-likeness (QED) is 0.277. The molecule has 0 aromatic heterocycles. The highest BCUT2D eigenvalue weighted by Crippen LogP contribution is 2.13. The summed E-state index contributed by atoms with van der Waals surface area (Å²) >= 11 is 0. The molecule has 0 aromatic rings. The molecule has 0 saturated carbocycles. The third kappa shape index (κ3) is 13.6. The molecule has 0 spiro atoms. The molecule has 1 heteroatoms. The largest absolute Gasteiger partial charge is 0.233 e. The van der Waals surface area contributed by atoms with Gasteiger partial charge >= 0.3 is 0 Å². The molecule has 1 atom stereocenters. The van der Waals surface area contributed by atoms with Crippen LogP contribution in [0, 0.1) is 12.3 Å². The molecule has 0 N–H and O–H groups in total. The average Bonchev–Trinajstić information content (AvgIpc) is 2.39. The van der Waals surface area contributed by atoms with Crippen LogP contribution < -0.4 is 0 Å². The summed E-state index contributed by atoms with van der Waals surface area (Å²) in [6.45, 7) is 2.26. The fraction of sp³-hybridized carbons (Fsp3) is 0.882. The van der Waals surface area contributed by atoms with Crippen molar-refractivity contribution in [1.29, 1.82) is 0 Å². The number of alkyl halides is 1. The van der Waals surface area contributed by atoms with Crippen LogP contribution in [0.15, 0.2) is 0 Å². The molecular weight excluding hydrogens is 223 g/mol. The summed E-state index contributed by atoms with van der Waals surface area (Å²) in [4.78, 5) is 0. The molecule has 0 heterocycles. The molecule has 0 radical (unpaired) electrons. The number of terminal acetylenes is 1. The van der Waals surface area contributed by atoms with E-state index in [-0.39, 0.29) is 0 Å². The Morgan fingerprint density at radius 1 is 0.778 bits per heavy atom. The maximum atomic E-state index is 12.7. The van der Waals surface area contributed by atoms with E-state index in [9.17, 15) is 4.39 Å². The van der Waals surface area contributed by atoms with Gasteiger partial charge in [-0.3, -0.25) is 0 Å². The Morgan fingerprint density at radius 2 is 1.17 bits per heavy atom. The summed E-state index contributed by atoms with van der Waals surface area (Å²) in [6.07, 6.45) is 20.2. The van der Waals surface area contributed by atoms with Crippen molar-refractivity contribution >= 4 is 0 Å². The first-order chi connectivity index (χ1) is 8.81. The van der Waals surface area contributed by atoms with Gasteiger partial charge in [0.25, 0.3) is 0 Å². The van der Waals surface area contributed by atoms with Crippen molar-refractivity contribution in [1.82, 2.24) is 0 Å². The average molecular weight is 254 g/mol. The van der Waals surface area contributed by atoms with Crippen molar-refractivity contribution in [3.8, 4) is 12.3 Å². The molecule has 106 valence electrons. The van der Waals surface area contributed by atoms with Gasteiger partial charge in [-0.1, -0.05) is 83.5 Å². The minimum absolute atomic E-state index is 0.550.